The van der Waals surface area contributed by atoms with Gasteiger partial charge in [0.1, 0.15) is 11.6 Å². The molecule has 5 nitrogen and oxygen atoms in total. The molecule has 0 bridgehead atoms. The van der Waals surface area contributed by atoms with Crippen molar-refractivity contribution in [3.05, 3.63) is 28.5 Å². The average molecular weight is 388 g/mol. The monoisotopic (exact) mass is 387 g/mol. The Kier molecular flexibility index (Phi) is 5.98. The summed E-state index contributed by atoms with van der Waals surface area (Å²) in [5, 5.41) is 8.81. The Bertz CT molecular complexity index is 587. The van der Waals surface area contributed by atoms with Crippen LogP contribution >= 0.6 is 15.9 Å². The van der Waals surface area contributed by atoms with Crippen molar-refractivity contribution in [1.29, 1.82) is 0 Å². The number of hydrogen-bond acceptors (Lipinski definition) is 3. The maximum atomic E-state index is 13.1. The lowest BCUT2D eigenvalue weighted by molar-refractivity contribution is -0.140. The molecule has 0 aromatic heterocycles. The number of piperidine rings is 1. The number of rotatable bonds is 5. The second-order valence-corrected chi connectivity index (χ2v) is 6.56. The molecule has 1 aliphatic rings. The number of hydrogen-bond donors (Lipinski definition) is 1. The van der Waals surface area contributed by atoms with Crippen molar-refractivity contribution in [3.8, 4) is 5.75 Å². The van der Waals surface area contributed by atoms with E-state index in [2.05, 4.69) is 15.9 Å². The molecule has 1 saturated heterocycles. The Morgan fingerprint density at radius 1 is 1.43 bits per heavy atom. The molecule has 7 heteroatoms. The van der Waals surface area contributed by atoms with Crippen LogP contribution in [-0.4, -0.2) is 41.1 Å². The lowest BCUT2D eigenvalue weighted by Crippen LogP contribution is -2.45. The van der Waals surface area contributed by atoms with Crippen LogP contribution in [0.1, 0.15) is 26.2 Å². The van der Waals surface area contributed by atoms with Gasteiger partial charge in [-0.2, -0.15) is 0 Å². The average Bonchev–Trinajstić information content (AvgIpc) is 2.49. The molecular weight excluding hydrogens is 369 g/mol. The van der Waals surface area contributed by atoms with E-state index in [1.165, 1.54) is 18.2 Å². The number of carboxylic acids is 1. The lowest BCUT2D eigenvalue weighted by Gasteiger charge is -2.33. The van der Waals surface area contributed by atoms with Gasteiger partial charge in [0.25, 0.3) is 5.91 Å². The molecule has 1 heterocycles. The second-order valence-electron chi connectivity index (χ2n) is 5.70. The smallest absolute Gasteiger partial charge is 0.303 e. The van der Waals surface area contributed by atoms with Gasteiger partial charge in [0.15, 0.2) is 6.10 Å². The van der Waals surface area contributed by atoms with Gasteiger partial charge in [-0.25, -0.2) is 4.39 Å². The predicted molar refractivity (Wildman–Crippen MR) is 85.7 cm³/mol. The summed E-state index contributed by atoms with van der Waals surface area (Å²) in [7, 11) is 0. The highest BCUT2D eigenvalue weighted by Gasteiger charge is 2.28. The van der Waals surface area contributed by atoms with Gasteiger partial charge in [0.05, 0.1) is 4.47 Å². The van der Waals surface area contributed by atoms with Crippen molar-refractivity contribution in [3.63, 3.8) is 0 Å². The van der Waals surface area contributed by atoms with Crippen LogP contribution in [0.5, 0.6) is 5.75 Å². The zero-order valence-corrected chi connectivity index (χ0v) is 14.4. The summed E-state index contributed by atoms with van der Waals surface area (Å²) in [4.78, 5) is 24.8. The largest absolute Gasteiger partial charge is 0.481 e. The first kappa shape index (κ1) is 17.7. The van der Waals surface area contributed by atoms with Crippen LogP contribution in [0.15, 0.2) is 22.7 Å². The van der Waals surface area contributed by atoms with E-state index < -0.39 is 12.1 Å². The van der Waals surface area contributed by atoms with Gasteiger partial charge >= 0.3 is 5.97 Å². The molecule has 0 radical (unpaired) electrons. The maximum absolute atomic E-state index is 13.1. The van der Waals surface area contributed by atoms with E-state index in [0.717, 1.165) is 0 Å². The van der Waals surface area contributed by atoms with Gasteiger partial charge in [-0.1, -0.05) is 0 Å². The molecule has 0 spiro atoms. The van der Waals surface area contributed by atoms with Gasteiger partial charge in [-0.05, 0) is 59.8 Å². The molecule has 1 unspecified atom stereocenters. The first-order valence-electron chi connectivity index (χ1n) is 7.49. The van der Waals surface area contributed by atoms with Crippen molar-refractivity contribution >= 4 is 27.8 Å². The molecule has 1 fully saturated rings. The molecule has 0 saturated carbocycles. The summed E-state index contributed by atoms with van der Waals surface area (Å²) in [5.74, 6) is -0.793. The van der Waals surface area contributed by atoms with Gasteiger partial charge < -0.3 is 14.7 Å². The standard InChI is InChI=1S/C16H19BrFNO4/c1-10(23-14-3-2-12(18)9-13(14)17)16(22)19-6-4-11(5-7-19)8-15(20)21/h2-3,9-11H,4-8H2,1H3,(H,20,21). The van der Waals surface area contributed by atoms with Crippen LogP contribution in [0.25, 0.3) is 0 Å². The number of carboxylic acid groups (broad SMARTS) is 1. The van der Waals surface area contributed by atoms with Crippen LogP contribution in [0.2, 0.25) is 0 Å². The number of nitrogens with zero attached hydrogens (tertiary/aromatic N) is 1. The third-order valence-corrected chi connectivity index (χ3v) is 4.55. The van der Waals surface area contributed by atoms with Crippen molar-refractivity contribution in [1.82, 2.24) is 4.90 Å². The van der Waals surface area contributed by atoms with Gasteiger partial charge in [0.2, 0.25) is 0 Å². The minimum atomic E-state index is -0.798. The van der Waals surface area contributed by atoms with Gasteiger partial charge in [0, 0.05) is 19.5 Å². The summed E-state index contributed by atoms with van der Waals surface area (Å²) < 4.78 is 19.1. The number of amides is 1. The van der Waals surface area contributed by atoms with Crippen molar-refractivity contribution < 1.29 is 23.8 Å². The third kappa shape index (κ3) is 4.92. The zero-order valence-electron chi connectivity index (χ0n) is 12.8. The molecule has 1 amide bonds. The molecule has 1 atom stereocenters. The topological polar surface area (TPSA) is 66.8 Å². The molecule has 1 aliphatic heterocycles. The molecule has 1 N–H and O–H groups in total. The fourth-order valence-corrected chi connectivity index (χ4v) is 3.12. The maximum Gasteiger partial charge on any atom is 0.303 e. The summed E-state index contributed by atoms with van der Waals surface area (Å²) in [5.41, 5.74) is 0. The first-order valence-corrected chi connectivity index (χ1v) is 8.28. The number of carbonyl (C=O) groups is 2. The second kappa shape index (κ2) is 7.77. The molecule has 0 aliphatic carbocycles. The van der Waals surface area contributed by atoms with E-state index in [4.69, 9.17) is 9.84 Å². The SMILES string of the molecule is CC(Oc1ccc(F)cc1Br)C(=O)N1CCC(CC(=O)O)CC1. The Balaban J connectivity index is 1.89. The summed E-state index contributed by atoms with van der Waals surface area (Å²) >= 11 is 3.21. The summed E-state index contributed by atoms with van der Waals surface area (Å²) in [6.45, 7) is 2.73. The van der Waals surface area contributed by atoms with Crippen molar-refractivity contribution in [2.75, 3.05) is 13.1 Å². The predicted octanol–water partition coefficient (Wildman–Crippen LogP) is 3.07. The molecule has 126 valence electrons. The Morgan fingerprint density at radius 3 is 2.65 bits per heavy atom. The first-order chi connectivity index (χ1) is 10.9. The van der Waals surface area contributed by atoms with E-state index >= 15 is 0 Å². The molecule has 2 rings (SSSR count). The highest BCUT2D eigenvalue weighted by molar-refractivity contribution is 9.10. The Labute approximate surface area is 142 Å². The summed E-state index contributed by atoms with van der Waals surface area (Å²) in [6.07, 6.45) is 0.833. The number of aliphatic carboxylic acids is 1. The molecule has 1 aromatic rings. The van der Waals surface area contributed by atoms with E-state index in [0.29, 0.717) is 36.2 Å². The minimum Gasteiger partial charge on any atom is -0.481 e. The number of likely N-dealkylation sites (tertiary alicyclic amines) is 1. The van der Waals surface area contributed by atoms with Crippen molar-refractivity contribution in [2.45, 2.75) is 32.3 Å². The number of benzene rings is 1. The van der Waals surface area contributed by atoms with Crippen LogP contribution in [0, 0.1) is 11.7 Å². The minimum absolute atomic E-state index is 0.124. The quantitative estimate of drug-likeness (QED) is 0.842. The third-order valence-electron chi connectivity index (χ3n) is 3.93. The number of ether oxygens (including phenoxy) is 1. The zero-order chi connectivity index (χ0) is 17.0. The Morgan fingerprint density at radius 2 is 2.09 bits per heavy atom. The van der Waals surface area contributed by atoms with Crippen LogP contribution < -0.4 is 4.74 Å². The van der Waals surface area contributed by atoms with E-state index in [1.807, 2.05) is 0 Å². The number of carbonyl (C=O) groups excluding carboxylic acids is 1. The Hall–Kier alpha value is -1.63. The van der Waals surface area contributed by atoms with Gasteiger partial charge in [-0.15, -0.1) is 0 Å². The van der Waals surface area contributed by atoms with Crippen molar-refractivity contribution in [2.24, 2.45) is 5.92 Å². The van der Waals surface area contributed by atoms with Crippen LogP contribution in [-0.2, 0) is 9.59 Å². The molecular formula is C16H19BrFNO4. The normalized spacial score (nSPS) is 16.9. The van der Waals surface area contributed by atoms with E-state index in [-0.39, 0.29) is 24.1 Å². The van der Waals surface area contributed by atoms with Crippen LogP contribution in [0.3, 0.4) is 0 Å². The van der Waals surface area contributed by atoms with Crippen LogP contribution in [0.4, 0.5) is 4.39 Å². The highest BCUT2D eigenvalue weighted by atomic mass is 79.9. The van der Waals surface area contributed by atoms with Gasteiger partial charge in [-0.3, -0.25) is 9.59 Å². The number of halogens is 2. The molecule has 23 heavy (non-hydrogen) atoms. The highest BCUT2D eigenvalue weighted by Crippen LogP contribution is 2.27. The van der Waals surface area contributed by atoms with E-state index in [9.17, 15) is 14.0 Å². The molecule has 1 aromatic carbocycles. The fraction of sp³-hybridized carbons (Fsp3) is 0.500. The summed E-state index contributed by atoms with van der Waals surface area (Å²) in [6, 6.07) is 4.03. The van der Waals surface area contributed by atoms with E-state index in [1.54, 1.807) is 11.8 Å². The fourth-order valence-electron chi connectivity index (χ4n) is 2.67. The lowest BCUT2D eigenvalue weighted by atomic mass is 9.93.